The van der Waals surface area contributed by atoms with Crippen LogP contribution in [-0.4, -0.2) is 5.91 Å². The average molecular weight is 388 g/mol. The van der Waals surface area contributed by atoms with E-state index in [1.807, 2.05) is 24.3 Å². The Morgan fingerprint density at radius 1 is 1.19 bits per heavy atom. The molecule has 2 aromatic rings. The van der Waals surface area contributed by atoms with E-state index in [9.17, 15) is 4.79 Å². The minimum absolute atomic E-state index is 0.149. The lowest BCUT2D eigenvalue weighted by Gasteiger charge is -2.10. The zero-order valence-corrected chi connectivity index (χ0v) is 14.1. The van der Waals surface area contributed by atoms with Gasteiger partial charge in [-0.25, -0.2) is 0 Å². The van der Waals surface area contributed by atoms with Crippen molar-refractivity contribution in [1.82, 2.24) is 0 Å². The van der Waals surface area contributed by atoms with Gasteiger partial charge in [-0.1, -0.05) is 51.3 Å². The maximum atomic E-state index is 12.0. The van der Waals surface area contributed by atoms with Crippen molar-refractivity contribution >= 4 is 56.4 Å². The minimum atomic E-state index is -0.149. The second kappa shape index (κ2) is 7.16. The van der Waals surface area contributed by atoms with E-state index in [0.29, 0.717) is 34.3 Å². The van der Waals surface area contributed by atoms with Crippen LogP contribution in [0.3, 0.4) is 0 Å². The van der Waals surface area contributed by atoms with E-state index in [2.05, 4.69) is 21.2 Å². The van der Waals surface area contributed by atoms with E-state index in [0.717, 1.165) is 10.0 Å². The van der Waals surface area contributed by atoms with E-state index in [1.54, 1.807) is 12.1 Å². The summed E-state index contributed by atoms with van der Waals surface area (Å²) < 4.78 is 0.759. The molecule has 0 fully saturated rings. The van der Waals surface area contributed by atoms with Gasteiger partial charge in [0, 0.05) is 16.6 Å². The number of nitrogens with two attached hydrogens (primary N) is 1. The first-order chi connectivity index (χ1) is 9.95. The van der Waals surface area contributed by atoms with Gasteiger partial charge in [-0.3, -0.25) is 4.79 Å². The third kappa shape index (κ3) is 4.63. The molecule has 110 valence electrons. The SMILES string of the molecule is Nc1cccc(CCC(=O)Nc2c(Cl)cc(Br)cc2Cl)c1. The third-order valence-corrected chi connectivity index (χ3v) is 3.92. The smallest absolute Gasteiger partial charge is 0.224 e. The highest BCUT2D eigenvalue weighted by Gasteiger charge is 2.11. The molecule has 0 heterocycles. The van der Waals surface area contributed by atoms with Crippen molar-refractivity contribution in [2.75, 3.05) is 11.1 Å². The van der Waals surface area contributed by atoms with Crippen LogP contribution < -0.4 is 11.1 Å². The number of benzene rings is 2. The first kappa shape index (κ1) is 16.1. The van der Waals surface area contributed by atoms with E-state index in [4.69, 9.17) is 28.9 Å². The number of nitrogen functional groups attached to an aromatic ring is 1. The van der Waals surface area contributed by atoms with Crippen molar-refractivity contribution in [3.63, 3.8) is 0 Å². The maximum absolute atomic E-state index is 12.0. The Morgan fingerprint density at radius 2 is 1.86 bits per heavy atom. The summed E-state index contributed by atoms with van der Waals surface area (Å²) in [6.07, 6.45) is 0.925. The van der Waals surface area contributed by atoms with Gasteiger partial charge in [0.25, 0.3) is 0 Å². The quantitative estimate of drug-likeness (QED) is 0.732. The lowest BCUT2D eigenvalue weighted by molar-refractivity contribution is -0.116. The van der Waals surface area contributed by atoms with E-state index in [-0.39, 0.29) is 5.91 Å². The van der Waals surface area contributed by atoms with Crippen LogP contribution in [0.15, 0.2) is 40.9 Å². The summed E-state index contributed by atoms with van der Waals surface area (Å²) in [4.78, 5) is 12.0. The van der Waals surface area contributed by atoms with Crippen LogP contribution in [0.1, 0.15) is 12.0 Å². The van der Waals surface area contributed by atoms with Crippen molar-refractivity contribution in [2.45, 2.75) is 12.8 Å². The van der Waals surface area contributed by atoms with Gasteiger partial charge in [-0.15, -0.1) is 0 Å². The number of carbonyl (C=O) groups excluding carboxylic acids is 1. The van der Waals surface area contributed by atoms with Gasteiger partial charge in [0.05, 0.1) is 15.7 Å². The number of nitrogens with one attached hydrogen (secondary N) is 1. The van der Waals surface area contributed by atoms with Crippen molar-refractivity contribution in [3.05, 3.63) is 56.5 Å². The molecule has 0 aliphatic heterocycles. The van der Waals surface area contributed by atoms with Crippen LogP contribution in [0.5, 0.6) is 0 Å². The molecule has 2 rings (SSSR count). The van der Waals surface area contributed by atoms with Crippen molar-refractivity contribution in [1.29, 1.82) is 0 Å². The fraction of sp³-hybridized carbons (Fsp3) is 0.133. The summed E-state index contributed by atoms with van der Waals surface area (Å²) in [5.41, 5.74) is 7.83. The van der Waals surface area contributed by atoms with Gasteiger partial charge in [0.2, 0.25) is 5.91 Å². The summed E-state index contributed by atoms with van der Waals surface area (Å²) >= 11 is 15.4. The molecule has 0 saturated carbocycles. The highest BCUT2D eigenvalue weighted by Crippen LogP contribution is 2.33. The summed E-state index contributed by atoms with van der Waals surface area (Å²) in [6, 6.07) is 10.8. The molecule has 3 nitrogen and oxygen atoms in total. The fourth-order valence-corrected chi connectivity index (χ4v) is 3.17. The van der Waals surface area contributed by atoms with Crippen molar-refractivity contribution in [2.24, 2.45) is 0 Å². The molecule has 0 spiro atoms. The van der Waals surface area contributed by atoms with Gasteiger partial charge in [-0.05, 0) is 36.2 Å². The van der Waals surface area contributed by atoms with Gasteiger partial charge < -0.3 is 11.1 Å². The molecule has 0 unspecified atom stereocenters. The monoisotopic (exact) mass is 386 g/mol. The van der Waals surface area contributed by atoms with Crippen molar-refractivity contribution < 1.29 is 4.79 Å². The second-order valence-electron chi connectivity index (χ2n) is 4.54. The van der Waals surface area contributed by atoms with E-state index < -0.39 is 0 Å². The van der Waals surface area contributed by atoms with Crippen LogP contribution in [-0.2, 0) is 11.2 Å². The molecule has 1 amide bonds. The predicted molar refractivity (Wildman–Crippen MR) is 92.0 cm³/mol. The Labute approximate surface area is 141 Å². The zero-order chi connectivity index (χ0) is 15.4. The molecule has 0 saturated heterocycles. The van der Waals surface area contributed by atoms with Gasteiger partial charge in [-0.2, -0.15) is 0 Å². The zero-order valence-electron chi connectivity index (χ0n) is 11.0. The van der Waals surface area contributed by atoms with Crippen molar-refractivity contribution in [3.8, 4) is 0 Å². The Bertz CT molecular complexity index is 653. The number of rotatable bonds is 4. The summed E-state index contributed by atoms with van der Waals surface area (Å²) in [5.74, 6) is -0.149. The molecule has 6 heteroatoms. The molecule has 0 atom stereocenters. The minimum Gasteiger partial charge on any atom is -0.399 e. The topological polar surface area (TPSA) is 55.1 Å². The number of halogens is 3. The number of aryl methyl sites for hydroxylation is 1. The van der Waals surface area contributed by atoms with Crippen LogP contribution in [0.25, 0.3) is 0 Å². The molecule has 0 bridgehead atoms. The van der Waals surface area contributed by atoms with Crippen LogP contribution in [0, 0.1) is 0 Å². The Morgan fingerprint density at radius 3 is 2.48 bits per heavy atom. The molecular weight excluding hydrogens is 375 g/mol. The molecule has 0 aliphatic carbocycles. The Kier molecular flexibility index (Phi) is 5.51. The molecule has 0 aliphatic rings. The fourth-order valence-electron chi connectivity index (χ4n) is 1.87. The van der Waals surface area contributed by atoms with Gasteiger partial charge >= 0.3 is 0 Å². The maximum Gasteiger partial charge on any atom is 0.224 e. The number of amides is 1. The van der Waals surface area contributed by atoms with Crippen LogP contribution >= 0.6 is 39.1 Å². The summed E-state index contributed by atoms with van der Waals surface area (Å²) in [6.45, 7) is 0. The number of hydrogen-bond acceptors (Lipinski definition) is 2. The number of carbonyl (C=O) groups is 1. The first-order valence-electron chi connectivity index (χ1n) is 6.24. The Hall–Kier alpha value is -1.23. The molecule has 0 radical (unpaired) electrons. The molecular formula is C15H13BrCl2N2O. The molecule has 21 heavy (non-hydrogen) atoms. The number of hydrogen-bond donors (Lipinski definition) is 2. The molecule has 3 N–H and O–H groups in total. The highest BCUT2D eigenvalue weighted by molar-refractivity contribution is 9.10. The van der Waals surface area contributed by atoms with Crippen LogP contribution in [0.4, 0.5) is 11.4 Å². The average Bonchev–Trinajstić information content (AvgIpc) is 2.40. The van der Waals surface area contributed by atoms with E-state index in [1.165, 1.54) is 0 Å². The Balaban J connectivity index is 1.99. The van der Waals surface area contributed by atoms with Gasteiger partial charge in [0.15, 0.2) is 0 Å². The lowest BCUT2D eigenvalue weighted by Crippen LogP contribution is -2.13. The second-order valence-corrected chi connectivity index (χ2v) is 6.27. The van der Waals surface area contributed by atoms with E-state index >= 15 is 0 Å². The molecule has 2 aromatic carbocycles. The van der Waals surface area contributed by atoms with Gasteiger partial charge in [0.1, 0.15) is 0 Å². The summed E-state index contributed by atoms with van der Waals surface area (Å²) in [5, 5.41) is 3.53. The normalized spacial score (nSPS) is 10.4. The summed E-state index contributed by atoms with van der Waals surface area (Å²) in [7, 11) is 0. The largest absolute Gasteiger partial charge is 0.399 e. The number of anilines is 2. The lowest BCUT2D eigenvalue weighted by atomic mass is 10.1. The standard InChI is InChI=1S/C15H13BrCl2N2O/c16-10-7-12(17)15(13(18)8-10)20-14(21)5-4-9-2-1-3-11(19)6-9/h1-3,6-8H,4-5,19H2,(H,20,21). The predicted octanol–water partition coefficient (Wildman–Crippen LogP) is 4.91. The highest BCUT2D eigenvalue weighted by atomic mass is 79.9. The first-order valence-corrected chi connectivity index (χ1v) is 7.79. The molecule has 0 aromatic heterocycles. The third-order valence-electron chi connectivity index (χ3n) is 2.86. The van der Waals surface area contributed by atoms with Crippen LogP contribution in [0.2, 0.25) is 10.0 Å².